The van der Waals surface area contributed by atoms with E-state index >= 15 is 0 Å². The molecule has 2 fully saturated rings. The lowest BCUT2D eigenvalue weighted by Gasteiger charge is -2.36. The Labute approximate surface area is 209 Å². The van der Waals surface area contributed by atoms with Gasteiger partial charge in [0.1, 0.15) is 0 Å². The number of unbranched alkanes of at least 4 members (excludes halogenated alkanes) is 1. The van der Waals surface area contributed by atoms with Crippen molar-refractivity contribution in [2.75, 3.05) is 63.9 Å². The largest absolute Gasteiger partial charge is 0.450 e. The average molecular weight is 559 g/mol. The van der Waals surface area contributed by atoms with Gasteiger partial charge in [-0.05, 0) is 51.3 Å². The highest BCUT2D eigenvalue weighted by molar-refractivity contribution is 14.0. The molecule has 0 spiro atoms. The molecule has 2 aliphatic heterocycles. The molecule has 0 unspecified atom stereocenters. The van der Waals surface area contributed by atoms with Crippen LogP contribution in [-0.2, 0) is 4.74 Å². The molecule has 32 heavy (non-hydrogen) atoms. The Hall–Kier alpha value is -1.75. The number of carbonyl (C=O) groups excluding carboxylic acids is 1. The van der Waals surface area contributed by atoms with Crippen molar-refractivity contribution in [2.45, 2.75) is 38.6 Å². The number of anilines is 1. The van der Waals surface area contributed by atoms with E-state index in [1.54, 1.807) is 4.90 Å². The fraction of sp³-hybridized carbons (Fsp3) is 0.652. The number of benzene rings is 1. The Morgan fingerprint density at radius 3 is 2.44 bits per heavy atom. The van der Waals surface area contributed by atoms with Gasteiger partial charge < -0.3 is 25.6 Å². The molecule has 0 saturated carbocycles. The molecule has 0 atom stereocenters. The Kier molecular flexibility index (Phi) is 11.9. The number of aliphatic imine (C=N–C) groups is 1. The number of nitrogens with one attached hydrogen (secondary N) is 1. The highest BCUT2D eigenvalue weighted by atomic mass is 127. The van der Waals surface area contributed by atoms with Crippen molar-refractivity contribution < 1.29 is 9.53 Å². The number of hydrogen-bond acceptors (Lipinski definition) is 5. The number of piperidine rings is 1. The van der Waals surface area contributed by atoms with E-state index in [0.29, 0.717) is 25.7 Å². The summed E-state index contributed by atoms with van der Waals surface area (Å²) in [6.45, 7) is 9.93. The fourth-order valence-corrected chi connectivity index (χ4v) is 4.19. The summed E-state index contributed by atoms with van der Waals surface area (Å²) in [6, 6.07) is 10.9. The molecule has 1 aromatic carbocycles. The van der Waals surface area contributed by atoms with Gasteiger partial charge in [0.05, 0.1) is 6.61 Å². The van der Waals surface area contributed by atoms with Crippen molar-refractivity contribution in [3.8, 4) is 0 Å². The van der Waals surface area contributed by atoms with Crippen LogP contribution in [0.3, 0.4) is 0 Å². The average Bonchev–Trinajstić information content (AvgIpc) is 2.80. The van der Waals surface area contributed by atoms with Gasteiger partial charge in [-0.3, -0.25) is 9.89 Å². The molecule has 8 nitrogen and oxygen atoms in total. The van der Waals surface area contributed by atoms with Crippen molar-refractivity contribution in [1.82, 2.24) is 15.1 Å². The first kappa shape index (κ1) is 26.5. The van der Waals surface area contributed by atoms with Crippen LogP contribution in [0.25, 0.3) is 0 Å². The maximum atomic E-state index is 11.8. The third-order valence-corrected chi connectivity index (χ3v) is 6.03. The van der Waals surface area contributed by atoms with E-state index < -0.39 is 0 Å². The zero-order valence-corrected chi connectivity index (χ0v) is 21.6. The van der Waals surface area contributed by atoms with E-state index in [1.165, 1.54) is 5.69 Å². The minimum absolute atomic E-state index is 0. The number of likely N-dealkylation sites (tertiary alicyclic amines) is 1. The van der Waals surface area contributed by atoms with Crippen LogP contribution < -0.4 is 16.0 Å². The predicted molar refractivity (Wildman–Crippen MR) is 141 cm³/mol. The normalized spacial score (nSPS) is 18.2. The molecular weight excluding hydrogens is 519 g/mol. The summed E-state index contributed by atoms with van der Waals surface area (Å²) in [7, 11) is 0. The molecule has 1 aromatic rings. The second-order valence-electron chi connectivity index (χ2n) is 8.24. The lowest BCUT2D eigenvalue weighted by atomic mass is 10.1. The van der Waals surface area contributed by atoms with Crippen LogP contribution in [-0.4, -0.2) is 86.9 Å². The number of para-hydroxylation sites is 1. The first-order chi connectivity index (χ1) is 15.2. The fourth-order valence-electron chi connectivity index (χ4n) is 4.19. The molecule has 0 aromatic heterocycles. The van der Waals surface area contributed by atoms with Gasteiger partial charge in [0.15, 0.2) is 5.96 Å². The number of carbonyl (C=O) groups is 1. The van der Waals surface area contributed by atoms with Gasteiger partial charge in [-0.2, -0.15) is 0 Å². The molecule has 0 bridgehead atoms. The van der Waals surface area contributed by atoms with E-state index in [1.807, 2.05) is 6.92 Å². The third-order valence-electron chi connectivity index (χ3n) is 6.03. The summed E-state index contributed by atoms with van der Waals surface area (Å²) in [6.07, 6.45) is 3.69. The van der Waals surface area contributed by atoms with E-state index in [0.717, 1.165) is 65.0 Å². The van der Waals surface area contributed by atoms with E-state index in [-0.39, 0.29) is 36.1 Å². The van der Waals surface area contributed by atoms with Gasteiger partial charge in [-0.15, -0.1) is 24.0 Å². The SMILES string of the molecule is CCOC(=O)N1CCC(NC(N)=NCCCCN2CCN(c3ccccc3)CC2)CC1.I. The summed E-state index contributed by atoms with van der Waals surface area (Å²) in [5, 5.41) is 3.30. The smallest absolute Gasteiger partial charge is 0.409 e. The third kappa shape index (κ3) is 8.65. The lowest BCUT2D eigenvalue weighted by molar-refractivity contribution is 0.0963. The zero-order chi connectivity index (χ0) is 21.9. The summed E-state index contributed by atoms with van der Waals surface area (Å²) in [5.41, 5.74) is 7.39. The molecule has 9 heteroatoms. The van der Waals surface area contributed by atoms with Crippen LogP contribution in [0.5, 0.6) is 0 Å². The predicted octanol–water partition coefficient (Wildman–Crippen LogP) is 2.73. The highest BCUT2D eigenvalue weighted by Gasteiger charge is 2.23. The Morgan fingerprint density at radius 2 is 1.78 bits per heavy atom. The van der Waals surface area contributed by atoms with Crippen LogP contribution in [0.2, 0.25) is 0 Å². The standard InChI is InChI=1S/C23H38N6O2.HI/c1-2-31-23(30)29-14-10-20(11-15-29)26-22(24)25-12-6-7-13-27-16-18-28(19-17-27)21-8-4-3-5-9-21;/h3-5,8-9,20H,2,6-7,10-19H2,1H3,(H3,24,25,26);1H. The number of guanidine groups is 1. The van der Waals surface area contributed by atoms with Gasteiger partial charge >= 0.3 is 6.09 Å². The molecule has 2 aliphatic rings. The van der Waals surface area contributed by atoms with Gasteiger partial charge in [0, 0.05) is 57.5 Å². The molecule has 2 saturated heterocycles. The van der Waals surface area contributed by atoms with Gasteiger partial charge in [-0.1, -0.05) is 18.2 Å². The topological polar surface area (TPSA) is 86.4 Å². The van der Waals surface area contributed by atoms with E-state index in [4.69, 9.17) is 10.5 Å². The zero-order valence-electron chi connectivity index (χ0n) is 19.2. The second-order valence-corrected chi connectivity index (χ2v) is 8.24. The Balaban J connectivity index is 0.00000363. The van der Waals surface area contributed by atoms with Crippen LogP contribution in [0.4, 0.5) is 10.5 Å². The van der Waals surface area contributed by atoms with E-state index in [2.05, 4.69) is 50.4 Å². The number of piperazine rings is 1. The number of hydrogen-bond donors (Lipinski definition) is 2. The van der Waals surface area contributed by atoms with Crippen molar-refractivity contribution >= 4 is 41.7 Å². The summed E-state index contributed by atoms with van der Waals surface area (Å²) >= 11 is 0. The van der Waals surface area contributed by atoms with E-state index in [9.17, 15) is 4.79 Å². The van der Waals surface area contributed by atoms with Crippen LogP contribution >= 0.6 is 24.0 Å². The molecule has 3 N–H and O–H groups in total. The molecule has 1 amide bonds. The number of rotatable bonds is 8. The second kappa shape index (κ2) is 14.4. The van der Waals surface area contributed by atoms with Crippen molar-refractivity contribution in [2.24, 2.45) is 10.7 Å². The monoisotopic (exact) mass is 558 g/mol. The number of nitrogens with two attached hydrogens (primary N) is 1. The number of halogens is 1. The van der Waals surface area contributed by atoms with Crippen LogP contribution in [0.15, 0.2) is 35.3 Å². The highest BCUT2D eigenvalue weighted by Crippen LogP contribution is 2.15. The Morgan fingerprint density at radius 1 is 1.09 bits per heavy atom. The number of nitrogens with zero attached hydrogens (tertiary/aromatic N) is 4. The lowest BCUT2D eigenvalue weighted by Crippen LogP contribution is -2.48. The number of ether oxygens (including phenoxy) is 1. The Bertz CT molecular complexity index is 689. The first-order valence-electron chi connectivity index (χ1n) is 11.7. The first-order valence-corrected chi connectivity index (χ1v) is 11.7. The summed E-state index contributed by atoms with van der Waals surface area (Å²) in [5.74, 6) is 0.520. The summed E-state index contributed by atoms with van der Waals surface area (Å²) < 4.78 is 5.06. The summed E-state index contributed by atoms with van der Waals surface area (Å²) in [4.78, 5) is 23.0. The quantitative estimate of drug-likeness (QED) is 0.221. The van der Waals surface area contributed by atoms with Gasteiger partial charge in [0.2, 0.25) is 0 Å². The minimum atomic E-state index is -0.218. The number of amides is 1. The van der Waals surface area contributed by atoms with Crippen molar-refractivity contribution in [3.05, 3.63) is 30.3 Å². The minimum Gasteiger partial charge on any atom is -0.450 e. The van der Waals surface area contributed by atoms with Gasteiger partial charge in [-0.25, -0.2) is 4.79 Å². The van der Waals surface area contributed by atoms with Gasteiger partial charge in [0.25, 0.3) is 0 Å². The molecule has 0 radical (unpaired) electrons. The molecule has 2 heterocycles. The molecule has 3 rings (SSSR count). The van der Waals surface area contributed by atoms with Crippen molar-refractivity contribution in [1.29, 1.82) is 0 Å². The van der Waals surface area contributed by atoms with Crippen LogP contribution in [0, 0.1) is 0 Å². The van der Waals surface area contributed by atoms with Crippen LogP contribution in [0.1, 0.15) is 32.6 Å². The maximum Gasteiger partial charge on any atom is 0.409 e. The van der Waals surface area contributed by atoms with Crippen molar-refractivity contribution in [3.63, 3.8) is 0 Å². The molecule has 0 aliphatic carbocycles. The molecular formula is C23H39IN6O2. The maximum absolute atomic E-state index is 11.8. The molecule has 180 valence electrons.